The zero-order valence-corrected chi connectivity index (χ0v) is 16.4. The lowest BCUT2D eigenvalue weighted by molar-refractivity contribution is -0.181. The predicted octanol–water partition coefficient (Wildman–Crippen LogP) is 1.48. The summed E-state index contributed by atoms with van der Waals surface area (Å²) in [4.78, 5) is 14.6. The number of nitrogens with one attached hydrogen (secondary N) is 1. The number of hydrogen-bond donors (Lipinski definition) is 1. The highest BCUT2D eigenvalue weighted by atomic mass is 16.5. The minimum atomic E-state index is -0.0101. The van der Waals surface area contributed by atoms with Gasteiger partial charge in [-0.05, 0) is 43.9 Å². The maximum absolute atomic E-state index is 12.2. The van der Waals surface area contributed by atoms with Gasteiger partial charge in [0.25, 0.3) is 5.91 Å². The van der Waals surface area contributed by atoms with Gasteiger partial charge < -0.3 is 14.6 Å². The van der Waals surface area contributed by atoms with E-state index in [0.717, 1.165) is 44.8 Å². The van der Waals surface area contributed by atoms with Gasteiger partial charge in [0, 0.05) is 46.5 Å². The molecule has 1 N–H and O–H groups in total. The van der Waals surface area contributed by atoms with Crippen molar-refractivity contribution in [2.75, 3.05) is 26.2 Å². The topological polar surface area (TPSA) is 64.3 Å². The zero-order chi connectivity index (χ0) is 19.0. The molecule has 0 aromatic carbocycles. The summed E-state index contributed by atoms with van der Waals surface area (Å²) < 4.78 is 10.1. The minimum Gasteiger partial charge on any atom is -0.372 e. The van der Waals surface area contributed by atoms with Gasteiger partial charge in [-0.25, -0.2) is 0 Å². The highest BCUT2D eigenvalue weighted by Gasteiger charge is 2.46. The van der Waals surface area contributed by atoms with E-state index in [1.54, 1.807) is 0 Å². The Labute approximate surface area is 160 Å². The molecular weight excluding hydrogens is 342 g/mol. The number of carbonyl (C=O) groups is 1. The summed E-state index contributed by atoms with van der Waals surface area (Å²) in [6, 6.07) is 5.88. The van der Waals surface area contributed by atoms with E-state index in [1.807, 2.05) is 48.6 Å². The van der Waals surface area contributed by atoms with Crippen molar-refractivity contribution in [1.29, 1.82) is 0 Å². The third kappa shape index (κ3) is 3.80. The fourth-order valence-electron chi connectivity index (χ4n) is 4.27. The van der Waals surface area contributed by atoms with Crippen LogP contribution in [-0.2, 0) is 25.4 Å². The average molecular weight is 371 g/mol. The fourth-order valence-corrected chi connectivity index (χ4v) is 4.27. The molecule has 1 atom stereocenters. The lowest BCUT2D eigenvalue weighted by atomic mass is 9.83. The number of ether oxygens (including phenoxy) is 1. The summed E-state index contributed by atoms with van der Waals surface area (Å²) in [5, 5.41) is 7.47. The zero-order valence-electron chi connectivity index (χ0n) is 16.4. The number of carbonyl (C=O) groups excluding carboxylic acids is 1. The van der Waals surface area contributed by atoms with Crippen molar-refractivity contribution >= 4 is 5.91 Å². The van der Waals surface area contributed by atoms with Crippen LogP contribution in [0.25, 0.3) is 0 Å². The monoisotopic (exact) mass is 371 g/mol. The first kappa shape index (κ1) is 18.3. The highest BCUT2D eigenvalue weighted by molar-refractivity contribution is 5.92. The van der Waals surface area contributed by atoms with Crippen LogP contribution in [0.3, 0.4) is 0 Å². The Balaban J connectivity index is 1.20. The van der Waals surface area contributed by atoms with Crippen molar-refractivity contribution in [2.45, 2.75) is 31.9 Å². The van der Waals surface area contributed by atoms with Crippen LogP contribution in [0.15, 0.2) is 24.4 Å². The van der Waals surface area contributed by atoms with Gasteiger partial charge in [0.05, 0.1) is 23.6 Å². The molecular formula is C20H29N5O2. The van der Waals surface area contributed by atoms with E-state index in [2.05, 4.69) is 21.4 Å². The molecule has 7 heteroatoms. The molecule has 146 valence electrons. The third-order valence-corrected chi connectivity index (χ3v) is 5.87. The Morgan fingerprint density at radius 1 is 1.41 bits per heavy atom. The predicted molar refractivity (Wildman–Crippen MR) is 102 cm³/mol. The molecule has 0 saturated carbocycles. The van der Waals surface area contributed by atoms with Gasteiger partial charge in [0.1, 0.15) is 5.69 Å². The number of likely N-dealkylation sites (tertiary alicyclic amines) is 1. The van der Waals surface area contributed by atoms with Gasteiger partial charge in [-0.1, -0.05) is 0 Å². The number of aromatic nitrogens is 3. The van der Waals surface area contributed by atoms with Crippen LogP contribution in [0.5, 0.6) is 0 Å². The molecule has 2 fully saturated rings. The second-order valence-electron chi connectivity index (χ2n) is 8.16. The van der Waals surface area contributed by atoms with Crippen molar-refractivity contribution in [3.8, 4) is 0 Å². The standard InChI is InChI=1S/C20H29N5O2/c1-15-9-17(24(3)22-15)11-25-13-20(14-25)7-6-16(12-27-20)10-21-19(26)18-5-4-8-23(18)2/h4-5,8-9,16H,6-7,10-14H2,1-3H3,(H,21,26)/t16-/m0/s1. The molecule has 0 unspecified atom stereocenters. The smallest absolute Gasteiger partial charge is 0.267 e. The van der Waals surface area contributed by atoms with E-state index in [4.69, 9.17) is 4.74 Å². The molecule has 1 amide bonds. The Bertz CT molecular complexity index is 808. The molecule has 2 aliphatic heterocycles. The quantitative estimate of drug-likeness (QED) is 0.865. The van der Waals surface area contributed by atoms with Crippen molar-refractivity contribution in [3.63, 3.8) is 0 Å². The first-order valence-corrected chi connectivity index (χ1v) is 9.69. The van der Waals surface area contributed by atoms with Crippen molar-refractivity contribution in [3.05, 3.63) is 41.5 Å². The molecule has 1 spiro atoms. The molecule has 4 heterocycles. The third-order valence-electron chi connectivity index (χ3n) is 5.87. The fraction of sp³-hybridized carbons (Fsp3) is 0.600. The average Bonchev–Trinajstić information content (AvgIpc) is 3.17. The minimum absolute atomic E-state index is 0.0101. The van der Waals surface area contributed by atoms with Crippen LogP contribution in [0, 0.1) is 12.8 Å². The van der Waals surface area contributed by atoms with E-state index in [0.29, 0.717) is 18.2 Å². The number of rotatable bonds is 5. The molecule has 2 aromatic heterocycles. The van der Waals surface area contributed by atoms with Gasteiger partial charge in [-0.2, -0.15) is 5.10 Å². The van der Waals surface area contributed by atoms with E-state index >= 15 is 0 Å². The Hall–Kier alpha value is -2.12. The second kappa shape index (κ2) is 7.13. The summed E-state index contributed by atoms with van der Waals surface area (Å²) in [5.74, 6) is 0.387. The maximum Gasteiger partial charge on any atom is 0.267 e. The van der Waals surface area contributed by atoms with E-state index in [1.165, 1.54) is 5.69 Å². The summed E-state index contributed by atoms with van der Waals surface area (Å²) in [6.07, 6.45) is 4.06. The maximum atomic E-state index is 12.2. The largest absolute Gasteiger partial charge is 0.372 e. The molecule has 2 aromatic rings. The molecule has 0 radical (unpaired) electrons. The molecule has 2 saturated heterocycles. The summed E-state index contributed by atoms with van der Waals surface area (Å²) in [7, 11) is 3.89. The van der Waals surface area contributed by atoms with Crippen molar-refractivity contribution < 1.29 is 9.53 Å². The molecule has 0 aliphatic carbocycles. The van der Waals surface area contributed by atoms with Gasteiger partial charge >= 0.3 is 0 Å². The number of nitrogens with zero attached hydrogens (tertiary/aromatic N) is 4. The van der Waals surface area contributed by atoms with Crippen LogP contribution in [-0.4, -0.2) is 57.0 Å². The number of aryl methyl sites for hydroxylation is 3. The number of hydrogen-bond acceptors (Lipinski definition) is 4. The summed E-state index contributed by atoms with van der Waals surface area (Å²) in [5.41, 5.74) is 3.03. The van der Waals surface area contributed by atoms with Crippen LogP contribution < -0.4 is 5.32 Å². The Morgan fingerprint density at radius 3 is 2.81 bits per heavy atom. The van der Waals surface area contributed by atoms with Gasteiger partial charge in [-0.15, -0.1) is 0 Å². The summed E-state index contributed by atoms with van der Waals surface area (Å²) in [6.45, 7) is 6.34. The van der Waals surface area contributed by atoms with Gasteiger partial charge in [0.15, 0.2) is 0 Å². The van der Waals surface area contributed by atoms with Crippen LogP contribution in [0.1, 0.15) is 34.7 Å². The van der Waals surface area contributed by atoms with E-state index in [-0.39, 0.29) is 11.5 Å². The number of amides is 1. The first-order valence-electron chi connectivity index (χ1n) is 9.69. The lowest BCUT2D eigenvalue weighted by Gasteiger charge is -2.53. The molecule has 27 heavy (non-hydrogen) atoms. The van der Waals surface area contributed by atoms with Crippen molar-refractivity contribution in [1.82, 2.24) is 24.6 Å². The summed E-state index contributed by atoms with van der Waals surface area (Å²) >= 11 is 0. The molecule has 7 nitrogen and oxygen atoms in total. The second-order valence-corrected chi connectivity index (χ2v) is 8.16. The lowest BCUT2D eigenvalue weighted by Crippen LogP contribution is -2.64. The van der Waals surface area contributed by atoms with E-state index < -0.39 is 0 Å². The molecule has 2 aliphatic rings. The van der Waals surface area contributed by atoms with E-state index in [9.17, 15) is 4.79 Å². The SMILES string of the molecule is Cc1cc(CN2CC3(CC[C@@H](CNC(=O)c4cccn4C)CO3)C2)n(C)n1. The van der Waals surface area contributed by atoms with Crippen LogP contribution in [0.4, 0.5) is 0 Å². The Morgan fingerprint density at radius 2 is 2.22 bits per heavy atom. The highest BCUT2D eigenvalue weighted by Crippen LogP contribution is 2.36. The molecule has 0 bridgehead atoms. The normalized spacial score (nSPS) is 22.0. The van der Waals surface area contributed by atoms with Crippen LogP contribution in [0.2, 0.25) is 0 Å². The van der Waals surface area contributed by atoms with Gasteiger partial charge in [0.2, 0.25) is 0 Å². The Kier molecular flexibility index (Phi) is 4.82. The van der Waals surface area contributed by atoms with Gasteiger partial charge in [-0.3, -0.25) is 14.4 Å². The van der Waals surface area contributed by atoms with Crippen molar-refractivity contribution in [2.24, 2.45) is 20.0 Å². The van der Waals surface area contributed by atoms with Crippen LogP contribution >= 0.6 is 0 Å². The molecule has 4 rings (SSSR count). The first-order chi connectivity index (χ1) is 12.9.